The average Bonchev–Trinajstić information content (AvgIpc) is 2.62. The molecule has 0 unspecified atom stereocenters. The summed E-state index contributed by atoms with van der Waals surface area (Å²) in [6.45, 7) is 9.15. The Morgan fingerprint density at radius 1 is 1.17 bits per heavy atom. The molecule has 2 aliphatic rings. The third kappa shape index (κ3) is 5.05. The van der Waals surface area contributed by atoms with Crippen molar-refractivity contribution in [1.29, 1.82) is 0 Å². The third-order valence-corrected chi connectivity index (χ3v) is 5.92. The van der Waals surface area contributed by atoms with Crippen molar-refractivity contribution >= 4 is 0 Å². The molecule has 2 saturated heterocycles. The summed E-state index contributed by atoms with van der Waals surface area (Å²) in [6, 6.07) is 9.57. The molecule has 24 heavy (non-hydrogen) atoms. The maximum absolute atomic E-state index is 5.51. The maximum atomic E-state index is 5.51. The molecule has 2 fully saturated rings. The van der Waals surface area contributed by atoms with Crippen molar-refractivity contribution in [2.75, 3.05) is 46.4 Å². The first kappa shape index (κ1) is 17.9. The Morgan fingerprint density at radius 3 is 2.75 bits per heavy atom. The van der Waals surface area contributed by atoms with Gasteiger partial charge < -0.3 is 14.5 Å². The van der Waals surface area contributed by atoms with Gasteiger partial charge in [-0.25, -0.2) is 0 Å². The van der Waals surface area contributed by atoms with E-state index >= 15 is 0 Å². The lowest BCUT2D eigenvalue weighted by molar-refractivity contribution is 0.0324. The summed E-state index contributed by atoms with van der Waals surface area (Å²) < 4.78 is 5.51. The van der Waals surface area contributed by atoms with Gasteiger partial charge in [0.15, 0.2) is 0 Å². The van der Waals surface area contributed by atoms with Crippen molar-refractivity contribution in [3.05, 3.63) is 35.4 Å². The quantitative estimate of drug-likeness (QED) is 0.795. The number of hydrogen-bond acceptors (Lipinski definition) is 3. The summed E-state index contributed by atoms with van der Waals surface area (Å²) in [4.78, 5) is 5.30. The normalized spacial score (nSPS) is 23.7. The summed E-state index contributed by atoms with van der Waals surface area (Å²) in [6.07, 6.45) is 6.37. The van der Waals surface area contributed by atoms with Crippen molar-refractivity contribution in [2.45, 2.75) is 45.1 Å². The second kappa shape index (κ2) is 8.98. The van der Waals surface area contributed by atoms with Crippen LogP contribution in [0.25, 0.3) is 0 Å². The molecule has 0 aliphatic carbocycles. The zero-order chi connectivity index (χ0) is 16.8. The Kier molecular flexibility index (Phi) is 6.70. The van der Waals surface area contributed by atoms with E-state index in [9.17, 15) is 0 Å². The highest BCUT2D eigenvalue weighted by Gasteiger charge is 2.24. The zero-order valence-electron chi connectivity index (χ0n) is 15.5. The summed E-state index contributed by atoms with van der Waals surface area (Å²) in [5.41, 5.74) is 2.95. The molecule has 0 spiro atoms. The van der Waals surface area contributed by atoms with E-state index < -0.39 is 0 Å². The zero-order valence-corrected chi connectivity index (χ0v) is 15.5. The second-order valence-electron chi connectivity index (χ2n) is 7.77. The number of rotatable bonds is 6. The minimum absolute atomic E-state index is 0.737. The number of ether oxygens (including phenoxy) is 1. The Balaban J connectivity index is 1.44. The molecular formula is C21H34N2O. The lowest BCUT2D eigenvalue weighted by Gasteiger charge is -2.38. The molecule has 3 rings (SSSR count). The van der Waals surface area contributed by atoms with E-state index in [0.717, 1.165) is 25.2 Å². The van der Waals surface area contributed by atoms with E-state index in [1.807, 2.05) is 0 Å². The molecule has 1 aromatic rings. The molecule has 0 N–H and O–H groups in total. The van der Waals surface area contributed by atoms with Crippen molar-refractivity contribution in [2.24, 2.45) is 5.92 Å². The number of piperidine rings is 1. The predicted octanol–water partition coefficient (Wildman–Crippen LogP) is 3.36. The Labute approximate surface area is 148 Å². The number of hydrogen-bond donors (Lipinski definition) is 0. The van der Waals surface area contributed by atoms with Crippen molar-refractivity contribution in [3.8, 4) is 0 Å². The number of benzene rings is 1. The molecule has 0 amide bonds. The molecule has 0 saturated carbocycles. The smallest absolute Gasteiger partial charge is 0.0480 e. The predicted molar refractivity (Wildman–Crippen MR) is 101 cm³/mol. The molecule has 0 aromatic heterocycles. The highest BCUT2D eigenvalue weighted by atomic mass is 16.5. The SMILES string of the molecule is Cc1ccccc1CCN1CCC[C@H](CN(C)C2CCOCC2)C1. The van der Waals surface area contributed by atoms with Crippen LogP contribution in [0, 0.1) is 12.8 Å². The first-order chi connectivity index (χ1) is 11.7. The highest BCUT2D eigenvalue weighted by Crippen LogP contribution is 2.21. The molecule has 0 radical (unpaired) electrons. The fourth-order valence-corrected chi connectivity index (χ4v) is 4.35. The van der Waals surface area contributed by atoms with Crippen LogP contribution in [0.3, 0.4) is 0 Å². The second-order valence-corrected chi connectivity index (χ2v) is 7.77. The van der Waals surface area contributed by atoms with E-state index in [0.29, 0.717) is 0 Å². The van der Waals surface area contributed by atoms with Crippen LogP contribution < -0.4 is 0 Å². The largest absolute Gasteiger partial charge is 0.381 e. The summed E-state index contributed by atoms with van der Waals surface area (Å²) >= 11 is 0. The van der Waals surface area contributed by atoms with Crippen molar-refractivity contribution in [3.63, 3.8) is 0 Å². The monoisotopic (exact) mass is 330 g/mol. The minimum Gasteiger partial charge on any atom is -0.381 e. The Hall–Kier alpha value is -0.900. The first-order valence-corrected chi connectivity index (χ1v) is 9.77. The highest BCUT2D eigenvalue weighted by molar-refractivity contribution is 5.25. The van der Waals surface area contributed by atoms with E-state index in [1.165, 1.54) is 69.4 Å². The van der Waals surface area contributed by atoms with Gasteiger partial charge in [0, 0.05) is 38.9 Å². The maximum Gasteiger partial charge on any atom is 0.0480 e. The fraction of sp³-hybridized carbons (Fsp3) is 0.714. The van der Waals surface area contributed by atoms with Crippen LogP contribution >= 0.6 is 0 Å². The van der Waals surface area contributed by atoms with Crippen LogP contribution in [0.5, 0.6) is 0 Å². The Bertz CT molecular complexity index is 498. The van der Waals surface area contributed by atoms with Gasteiger partial charge in [-0.1, -0.05) is 24.3 Å². The topological polar surface area (TPSA) is 15.7 Å². The van der Waals surface area contributed by atoms with Crippen molar-refractivity contribution in [1.82, 2.24) is 9.80 Å². The van der Waals surface area contributed by atoms with Gasteiger partial charge in [-0.05, 0) is 69.7 Å². The standard InChI is InChI=1S/C21H34N2O/c1-18-6-3-4-8-20(18)9-13-23-12-5-7-19(17-23)16-22(2)21-10-14-24-15-11-21/h3-4,6,8,19,21H,5,7,9-17H2,1-2H3/t19-/m1/s1. The molecule has 0 bridgehead atoms. The number of aryl methyl sites for hydroxylation is 1. The van der Waals surface area contributed by atoms with Crippen molar-refractivity contribution < 1.29 is 4.74 Å². The molecule has 1 aromatic carbocycles. The molecule has 1 atom stereocenters. The van der Waals surface area contributed by atoms with Gasteiger partial charge >= 0.3 is 0 Å². The molecular weight excluding hydrogens is 296 g/mol. The first-order valence-electron chi connectivity index (χ1n) is 9.77. The number of nitrogens with zero attached hydrogens (tertiary/aromatic N) is 2. The van der Waals surface area contributed by atoms with Gasteiger partial charge in [0.25, 0.3) is 0 Å². The van der Waals surface area contributed by atoms with Gasteiger partial charge in [0.05, 0.1) is 0 Å². The van der Waals surface area contributed by atoms with Gasteiger partial charge in [-0.3, -0.25) is 0 Å². The van der Waals surface area contributed by atoms with Gasteiger partial charge in [0.2, 0.25) is 0 Å². The van der Waals surface area contributed by atoms with Crippen LogP contribution in [-0.4, -0.2) is 62.3 Å². The third-order valence-electron chi connectivity index (χ3n) is 5.92. The summed E-state index contributed by atoms with van der Waals surface area (Å²) in [5, 5.41) is 0. The molecule has 2 aliphatic heterocycles. The van der Waals surface area contributed by atoms with Crippen LogP contribution in [-0.2, 0) is 11.2 Å². The van der Waals surface area contributed by atoms with Gasteiger partial charge in [-0.15, -0.1) is 0 Å². The van der Waals surface area contributed by atoms with Crippen LogP contribution in [0.2, 0.25) is 0 Å². The van der Waals surface area contributed by atoms with Gasteiger partial charge in [0.1, 0.15) is 0 Å². The van der Waals surface area contributed by atoms with E-state index in [4.69, 9.17) is 4.74 Å². The average molecular weight is 331 g/mol. The van der Waals surface area contributed by atoms with Crippen LogP contribution in [0.4, 0.5) is 0 Å². The molecule has 2 heterocycles. The lowest BCUT2D eigenvalue weighted by atomic mass is 9.95. The van der Waals surface area contributed by atoms with Crippen LogP contribution in [0.15, 0.2) is 24.3 Å². The van der Waals surface area contributed by atoms with E-state index in [2.05, 4.69) is 48.0 Å². The van der Waals surface area contributed by atoms with E-state index in [-0.39, 0.29) is 0 Å². The Morgan fingerprint density at radius 2 is 1.96 bits per heavy atom. The molecule has 3 heteroatoms. The summed E-state index contributed by atoms with van der Waals surface area (Å²) in [5.74, 6) is 0.837. The van der Waals surface area contributed by atoms with E-state index in [1.54, 1.807) is 0 Å². The summed E-state index contributed by atoms with van der Waals surface area (Å²) in [7, 11) is 2.32. The molecule has 3 nitrogen and oxygen atoms in total. The lowest BCUT2D eigenvalue weighted by Crippen LogP contribution is -2.44. The fourth-order valence-electron chi connectivity index (χ4n) is 4.35. The molecule has 134 valence electrons. The van der Waals surface area contributed by atoms with Gasteiger partial charge in [-0.2, -0.15) is 0 Å². The van der Waals surface area contributed by atoms with Crippen LogP contribution in [0.1, 0.15) is 36.8 Å². The number of likely N-dealkylation sites (tertiary alicyclic amines) is 1. The minimum atomic E-state index is 0.737.